The monoisotopic (exact) mass is 648 g/mol. The molecule has 0 aliphatic rings. The van der Waals surface area contributed by atoms with Crippen LogP contribution in [-0.4, -0.2) is 65.9 Å². The average Bonchev–Trinajstić information content (AvgIpc) is 3.65. The molecule has 2 aromatic carbocycles. The fraction of sp³-hybridized carbons (Fsp3) is 0.111. The maximum atomic E-state index is 13.5. The van der Waals surface area contributed by atoms with E-state index in [4.69, 9.17) is 9.47 Å². The van der Waals surface area contributed by atoms with Crippen molar-refractivity contribution in [2.45, 2.75) is 13.8 Å². The van der Waals surface area contributed by atoms with Crippen molar-refractivity contribution in [3.05, 3.63) is 119 Å². The minimum absolute atomic E-state index is 0.0854. The number of carbonyl (C=O) groups is 4. The smallest absolute Gasteiger partial charge is 0.340 e. The molecule has 6 aromatic rings. The molecule has 12 nitrogen and oxygen atoms in total. The van der Waals surface area contributed by atoms with Crippen LogP contribution in [0.1, 0.15) is 66.7 Å². The van der Waals surface area contributed by atoms with Crippen molar-refractivity contribution in [2.24, 2.45) is 0 Å². The van der Waals surface area contributed by atoms with E-state index in [0.29, 0.717) is 22.2 Å². The van der Waals surface area contributed by atoms with Gasteiger partial charge in [-0.3, -0.25) is 9.59 Å². The summed E-state index contributed by atoms with van der Waals surface area (Å²) in [4.78, 5) is 53.0. The number of hydrogen-bond donors (Lipinski definition) is 4. The molecule has 6 rings (SSSR count). The second-order valence-corrected chi connectivity index (χ2v) is 10.7. The molecule has 0 saturated heterocycles. The number of pyridine rings is 2. The zero-order valence-electron chi connectivity index (χ0n) is 25.6. The first-order valence-electron chi connectivity index (χ1n) is 14.8. The molecule has 242 valence electrons. The molecule has 0 fully saturated rings. The summed E-state index contributed by atoms with van der Waals surface area (Å²) >= 11 is 0. The third-order valence-corrected chi connectivity index (χ3v) is 7.81. The molecular weight excluding hydrogens is 620 g/mol. The van der Waals surface area contributed by atoms with Gasteiger partial charge >= 0.3 is 11.9 Å². The Balaban J connectivity index is 1.49. The topological polar surface area (TPSA) is 176 Å². The van der Waals surface area contributed by atoms with Gasteiger partial charge in [0.25, 0.3) is 0 Å². The predicted octanol–water partition coefficient (Wildman–Crippen LogP) is 5.50. The van der Waals surface area contributed by atoms with Gasteiger partial charge in [0.1, 0.15) is 0 Å². The summed E-state index contributed by atoms with van der Waals surface area (Å²) < 4.78 is 13.6. The Labute approximate surface area is 272 Å². The van der Waals surface area contributed by atoms with Crippen LogP contribution in [0.2, 0.25) is 0 Å². The fourth-order valence-electron chi connectivity index (χ4n) is 5.47. The number of esters is 2. The van der Waals surface area contributed by atoms with Gasteiger partial charge in [-0.1, -0.05) is 0 Å². The lowest BCUT2D eigenvalue weighted by atomic mass is 10.1. The highest BCUT2D eigenvalue weighted by atomic mass is 16.5. The highest BCUT2D eigenvalue weighted by Crippen LogP contribution is 2.32. The number of nitrogens with zero attached hydrogens (tertiary/aromatic N) is 2. The van der Waals surface area contributed by atoms with E-state index in [9.17, 15) is 39.6 Å². The van der Waals surface area contributed by atoms with E-state index in [1.807, 2.05) is 0 Å². The Morgan fingerprint density at radius 3 is 1.29 bits per heavy atom. The van der Waals surface area contributed by atoms with Crippen molar-refractivity contribution >= 4 is 34.5 Å². The first kappa shape index (κ1) is 31.4. The van der Waals surface area contributed by atoms with Crippen LogP contribution in [-0.2, 0) is 9.47 Å². The van der Waals surface area contributed by atoms with E-state index in [0.717, 1.165) is 12.1 Å². The molecular formula is C36H28N2O10. The number of hydrogen-bond acceptors (Lipinski definition) is 10. The van der Waals surface area contributed by atoms with Gasteiger partial charge in [0.15, 0.2) is 23.0 Å². The zero-order valence-corrected chi connectivity index (χ0v) is 25.6. The lowest BCUT2D eigenvalue weighted by Gasteiger charge is -2.09. The Hall–Kier alpha value is -6.56. The molecule has 4 heterocycles. The normalized spacial score (nSPS) is 11.1. The van der Waals surface area contributed by atoms with Crippen LogP contribution in [0.15, 0.2) is 85.2 Å². The summed E-state index contributed by atoms with van der Waals surface area (Å²) in [5, 5.41) is 39.3. The zero-order chi connectivity index (χ0) is 34.3. The SMILES string of the molecule is CCOC(=O)c1cc(C(=O)c2ccc(O)c(O)c2)n2ccc(-c3ccn4c(C(=O)c5ccc(O)c(O)c5)cc(C(=O)OCC)c4c3)cc12. The van der Waals surface area contributed by atoms with Crippen LogP contribution >= 0.6 is 0 Å². The van der Waals surface area contributed by atoms with Gasteiger partial charge in [-0.05, 0) is 97.8 Å². The van der Waals surface area contributed by atoms with E-state index in [-0.39, 0.29) is 58.4 Å². The Morgan fingerprint density at radius 1 is 0.542 bits per heavy atom. The molecule has 0 saturated carbocycles. The van der Waals surface area contributed by atoms with Crippen molar-refractivity contribution in [1.82, 2.24) is 8.80 Å². The summed E-state index contributed by atoms with van der Waals surface area (Å²) in [6.45, 7) is 3.50. The minimum atomic E-state index is -0.658. The second-order valence-electron chi connectivity index (χ2n) is 10.7. The highest BCUT2D eigenvalue weighted by Gasteiger charge is 2.25. The third-order valence-electron chi connectivity index (χ3n) is 7.81. The second kappa shape index (κ2) is 12.3. The molecule has 0 aliphatic heterocycles. The predicted molar refractivity (Wildman–Crippen MR) is 172 cm³/mol. The van der Waals surface area contributed by atoms with Crippen molar-refractivity contribution in [2.75, 3.05) is 13.2 Å². The van der Waals surface area contributed by atoms with Gasteiger partial charge in [-0.15, -0.1) is 0 Å². The maximum Gasteiger partial charge on any atom is 0.340 e. The van der Waals surface area contributed by atoms with E-state index in [1.54, 1.807) is 50.5 Å². The number of phenolic OH excluding ortho intramolecular Hbond substituents is 4. The number of aromatic nitrogens is 2. The summed E-state index contributed by atoms with van der Waals surface area (Å²) in [6, 6.07) is 16.9. The van der Waals surface area contributed by atoms with Gasteiger partial charge in [0.05, 0.1) is 46.8 Å². The first-order valence-corrected chi connectivity index (χ1v) is 14.8. The minimum Gasteiger partial charge on any atom is -0.504 e. The molecule has 0 spiro atoms. The standard InChI is InChI=1S/C36H28N2O10/c1-3-47-35(45)23-17-27(33(43)21-5-7-29(39)31(41)15-21)37-11-9-19(13-25(23)37)20-10-12-38-26(14-20)24(36(46)48-4-2)18-28(38)34(44)22-6-8-30(40)32(42)16-22/h5-18,39-42H,3-4H2,1-2H3. The Kier molecular flexibility index (Phi) is 8.07. The molecule has 4 N–H and O–H groups in total. The van der Waals surface area contributed by atoms with Crippen molar-refractivity contribution in [3.8, 4) is 34.1 Å². The lowest BCUT2D eigenvalue weighted by Crippen LogP contribution is -2.05. The van der Waals surface area contributed by atoms with Crippen LogP contribution in [0.25, 0.3) is 22.2 Å². The maximum absolute atomic E-state index is 13.5. The average molecular weight is 649 g/mol. The van der Waals surface area contributed by atoms with Crippen LogP contribution in [0, 0.1) is 0 Å². The molecule has 0 amide bonds. The van der Waals surface area contributed by atoms with Gasteiger partial charge in [0.2, 0.25) is 11.6 Å². The van der Waals surface area contributed by atoms with Gasteiger partial charge in [-0.2, -0.15) is 0 Å². The van der Waals surface area contributed by atoms with Crippen LogP contribution in [0.3, 0.4) is 0 Å². The number of benzene rings is 2. The van der Waals surface area contributed by atoms with E-state index in [1.165, 1.54) is 45.2 Å². The van der Waals surface area contributed by atoms with Crippen molar-refractivity contribution < 1.29 is 49.1 Å². The van der Waals surface area contributed by atoms with E-state index >= 15 is 0 Å². The van der Waals surface area contributed by atoms with Crippen LogP contribution < -0.4 is 0 Å². The molecule has 48 heavy (non-hydrogen) atoms. The third kappa shape index (κ3) is 5.45. The van der Waals surface area contributed by atoms with Crippen LogP contribution in [0.5, 0.6) is 23.0 Å². The summed E-state index contributed by atoms with van der Waals surface area (Å²) in [5.41, 5.74) is 2.52. The number of carbonyl (C=O) groups excluding carboxylic acids is 4. The number of fused-ring (bicyclic) bond motifs is 2. The molecule has 0 radical (unpaired) electrons. The summed E-state index contributed by atoms with van der Waals surface area (Å²) in [6.07, 6.45) is 3.20. The number of phenols is 4. The number of ether oxygens (including phenoxy) is 2. The number of aromatic hydroxyl groups is 4. The Bertz CT molecular complexity index is 2130. The highest BCUT2D eigenvalue weighted by molar-refractivity contribution is 6.13. The number of ketones is 2. The van der Waals surface area contributed by atoms with Gasteiger partial charge in [0, 0.05) is 23.5 Å². The summed E-state index contributed by atoms with van der Waals surface area (Å²) in [7, 11) is 0. The van der Waals surface area contributed by atoms with Crippen LogP contribution in [0.4, 0.5) is 0 Å². The number of rotatable bonds is 9. The molecule has 12 heteroatoms. The molecule has 4 aromatic heterocycles. The van der Waals surface area contributed by atoms with Crippen molar-refractivity contribution in [1.29, 1.82) is 0 Å². The van der Waals surface area contributed by atoms with E-state index < -0.39 is 35.0 Å². The largest absolute Gasteiger partial charge is 0.504 e. The first-order chi connectivity index (χ1) is 23.0. The summed E-state index contributed by atoms with van der Waals surface area (Å²) in [5.74, 6) is -4.05. The quantitative estimate of drug-likeness (QED) is 0.0890. The Morgan fingerprint density at radius 2 is 0.938 bits per heavy atom. The molecule has 0 aliphatic carbocycles. The molecule has 0 unspecified atom stereocenters. The molecule has 0 atom stereocenters. The van der Waals surface area contributed by atoms with Crippen molar-refractivity contribution in [3.63, 3.8) is 0 Å². The fourth-order valence-corrected chi connectivity index (χ4v) is 5.47. The molecule has 0 bridgehead atoms. The lowest BCUT2D eigenvalue weighted by molar-refractivity contribution is 0.0519. The van der Waals surface area contributed by atoms with E-state index in [2.05, 4.69) is 0 Å². The van der Waals surface area contributed by atoms with Gasteiger partial charge in [-0.25, -0.2) is 9.59 Å². The van der Waals surface area contributed by atoms with Gasteiger partial charge < -0.3 is 38.7 Å².